The summed E-state index contributed by atoms with van der Waals surface area (Å²) in [7, 11) is 1.60. The molecule has 2 atom stereocenters. The summed E-state index contributed by atoms with van der Waals surface area (Å²) in [6, 6.07) is 26.1. The Balaban J connectivity index is 1.66. The number of ether oxygens (including phenoxy) is 1. The maximum atomic E-state index is 13.2. The van der Waals surface area contributed by atoms with E-state index in [1.807, 2.05) is 84.9 Å². The third-order valence-corrected chi connectivity index (χ3v) is 6.80. The monoisotopic (exact) mass is 437 g/mol. The Morgan fingerprint density at radius 3 is 2.11 bits per heavy atom. The van der Waals surface area contributed by atoms with Crippen LogP contribution in [-0.4, -0.2) is 38.7 Å². The van der Waals surface area contributed by atoms with Crippen molar-refractivity contribution in [1.29, 1.82) is 0 Å². The normalized spacial score (nSPS) is 18.5. The summed E-state index contributed by atoms with van der Waals surface area (Å²) >= 11 is -0.357. The molecule has 0 spiro atoms. The second-order valence-corrected chi connectivity index (χ2v) is 8.74. The van der Waals surface area contributed by atoms with Crippen LogP contribution in [0.15, 0.2) is 84.9 Å². The molecule has 0 bridgehead atoms. The van der Waals surface area contributed by atoms with Gasteiger partial charge in [-0.05, 0) is 0 Å². The van der Waals surface area contributed by atoms with Crippen molar-refractivity contribution in [3.05, 3.63) is 90.5 Å². The van der Waals surface area contributed by atoms with Gasteiger partial charge in [0.05, 0.1) is 0 Å². The van der Waals surface area contributed by atoms with E-state index in [4.69, 9.17) is 4.74 Å². The van der Waals surface area contributed by atoms with E-state index in [0.29, 0.717) is 5.75 Å². The van der Waals surface area contributed by atoms with Crippen molar-refractivity contribution >= 4 is 35.7 Å². The van der Waals surface area contributed by atoms with E-state index in [2.05, 4.69) is 0 Å². The van der Waals surface area contributed by atoms with Gasteiger partial charge in [-0.25, -0.2) is 0 Å². The standard InChI is InChI=1S/C23H19NO3Se/c1-27-18-14-12-17(13-15-18)24-21(23(26)28-19-10-6-3-7-11-19)20(22(24)25)16-8-4-2-5-9-16/h2-15,20-21H,1H3. The summed E-state index contributed by atoms with van der Waals surface area (Å²) in [5.74, 6) is 0.243. The van der Waals surface area contributed by atoms with Gasteiger partial charge >= 0.3 is 170 Å². The predicted octanol–water partition coefficient (Wildman–Crippen LogP) is 2.75. The number of hydrogen-bond acceptors (Lipinski definition) is 3. The third-order valence-electron chi connectivity index (χ3n) is 4.81. The maximum absolute atomic E-state index is 13.2. The van der Waals surface area contributed by atoms with Gasteiger partial charge in [0, 0.05) is 0 Å². The number of rotatable bonds is 6. The van der Waals surface area contributed by atoms with Crippen LogP contribution in [0.3, 0.4) is 0 Å². The van der Waals surface area contributed by atoms with Crippen molar-refractivity contribution in [3.8, 4) is 5.75 Å². The number of carbonyl (C=O) groups is 2. The van der Waals surface area contributed by atoms with Gasteiger partial charge in [-0.15, -0.1) is 0 Å². The Labute approximate surface area is 170 Å². The molecule has 1 amide bonds. The average Bonchev–Trinajstić information content (AvgIpc) is 2.74. The van der Waals surface area contributed by atoms with Gasteiger partial charge in [-0.3, -0.25) is 0 Å². The van der Waals surface area contributed by atoms with E-state index in [0.717, 1.165) is 15.7 Å². The summed E-state index contributed by atoms with van der Waals surface area (Å²) in [6.07, 6.45) is 0. The van der Waals surface area contributed by atoms with Crippen LogP contribution in [0.4, 0.5) is 5.69 Å². The summed E-state index contributed by atoms with van der Waals surface area (Å²) < 4.78 is 6.32. The predicted molar refractivity (Wildman–Crippen MR) is 110 cm³/mol. The molecule has 0 aromatic heterocycles. The molecule has 1 fully saturated rings. The number of nitrogens with zero attached hydrogens (tertiary/aromatic N) is 1. The molecule has 0 saturated carbocycles. The molecule has 140 valence electrons. The third kappa shape index (κ3) is 3.47. The Kier molecular flexibility index (Phi) is 5.29. The molecule has 3 aromatic rings. The number of hydrogen-bond donors (Lipinski definition) is 0. The molecule has 1 aliphatic rings. The Morgan fingerprint density at radius 2 is 1.50 bits per heavy atom. The molecular weight excluding hydrogens is 417 g/mol. The quantitative estimate of drug-likeness (QED) is 0.441. The Morgan fingerprint density at radius 1 is 0.893 bits per heavy atom. The Bertz CT molecular complexity index is 974. The first-order chi connectivity index (χ1) is 13.7. The number of β-lactam (4-membered cyclic amide) rings is 1. The van der Waals surface area contributed by atoms with E-state index >= 15 is 0 Å². The summed E-state index contributed by atoms with van der Waals surface area (Å²) in [4.78, 5) is 27.9. The molecule has 28 heavy (non-hydrogen) atoms. The summed E-state index contributed by atoms with van der Waals surface area (Å²) in [5.41, 5.74) is 1.61. The van der Waals surface area contributed by atoms with Gasteiger partial charge in [0.1, 0.15) is 0 Å². The molecule has 0 N–H and O–H groups in total. The molecule has 4 rings (SSSR count). The summed E-state index contributed by atoms with van der Waals surface area (Å²) in [6.45, 7) is 0. The van der Waals surface area contributed by atoms with Crippen molar-refractivity contribution in [2.45, 2.75) is 12.0 Å². The van der Waals surface area contributed by atoms with Crippen LogP contribution in [0.1, 0.15) is 11.5 Å². The molecule has 5 heteroatoms. The van der Waals surface area contributed by atoms with Gasteiger partial charge < -0.3 is 0 Å². The number of amides is 1. The van der Waals surface area contributed by atoms with Crippen LogP contribution < -0.4 is 14.1 Å². The molecule has 0 aliphatic carbocycles. The first kappa shape index (κ1) is 18.5. The van der Waals surface area contributed by atoms with E-state index in [-0.39, 0.29) is 25.5 Å². The van der Waals surface area contributed by atoms with Gasteiger partial charge in [0.15, 0.2) is 0 Å². The van der Waals surface area contributed by atoms with Crippen LogP contribution >= 0.6 is 0 Å². The van der Waals surface area contributed by atoms with Crippen molar-refractivity contribution in [3.63, 3.8) is 0 Å². The van der Waals surface area contributed by atoms with Gasteiger partial charge in [0.2, 0.25) is 0 Å². The number of carbonyl (C=O) groups excluding carboxylic acids is 2. The van der Waals surface area contributed by atoms with Crippen molar-refractivity contribution in [2.75, 3.05) is 12.0 Å². The Hall–Kier alpha value is -2.88. The van der Waals surface area contributed by atoms with E-state index in [1.54, 1.807) is 12.0 Å². The van der Waals surface area contributed by atoms with Crippen LogP contribution in [0, 0.1) is 0 Å². The van der Waals surface area contributed by atoms with Gasteiger partial charge in [-0.2, -0.15) is 0 Å². The van der Waals surface area contributed by atoms with E-state index < -0.39 is 12.0 Å². The zero-order valence-corrected chi connectivity index (χ0v) is 17.0. The fraction of sp³-hybridized carbons (Fsp3) is 0.130. The first-order valence-corrected chi connectivity index (χ1v) is 10.7. The fourth-order valence-electron chi connectivity index (χ4n) is 3.41. The number of methoxy groups -OCH3 is 1. The number of anilines is 1. The average molecular weight is 436 g/mol. The minimum absolute atomic E-state index is 0.0430. The topological polar surface area (TPSA) is 46.6 Å². The molecule has 4 nitrogen and oxygen atoms in total. The van der Waals surface area contributed by atoms with Crippen molar-refractivity contribution in [1.82, 2.24) is 0 Å². The first-order valence-electron chi connectivity index (χ1n) is 8.98. The van der Waals surface area contributed by atoms with Crippen LogP contribution in [-0.2, 0) is 9.59 Å². The zero-order valence-electron chi connectivity index (χ0n) is 15.3. The van der Waals surface area contributed by atoms with Crippen LogP contribution in [0.5, 0.6) is 5.75 Å². The van der Waals surface area contributed by atoms with Gasteiger partial charge in [-0.1, -0.05) is 0 Å². The molecular formula is C23H19NO3Se. The minimum atomic E-state index is -0.483. The van der Waals surface area contributed by atoms with E-state index in [1.165, 1.54) is 0 Å². The molecule has 1 aliphatic heterocycles. The number of benzene rings is 3. The SMILES string of the molecule is COc1ccc(N2C(=O)C(c3ccccc3)C2C(=O)[Se]c2ccccc2)cc1. The second-order valence-electron chi connectivity index (χ2n) is 6.47. The van der Waals surface area contributed by atoms with Crippen molar-refractivity contribution < 1.29 is 14.3 Å². The molecule has 3 aromatic carbocycles. The molecule has 1 saturated heterocycles. The molecule has 0 radical (unpaired) electrons. The fourth-order valence-corrected chi connectivity index (χ4v) is 5.27. The second kappa shape index (κ2) is 8.01. The zero-order chi connectivity index (χ0) is 19.5. The molecule has 2 unspecified atom stereocenters. The van der Waals surface area contributed by atoms with Crippen LogP contribution in [0.25, 0.3) is 0 Å². The van der Waals surface area contributed by atoms with E-state index in [9.17, 15) is 9.59 Å². The summed E-state index contributed by atoms with van der Waals surface area (Å²) in [5, 5.41) is 0. The molecule has 1 heterocycles. The van der Waals surface area contributed by atoms with Gasteiger partial charge in [0.25, 0.3) is 0 Å². The van der Waals surface area contributed by atoms with Crippen LogP contribution in [0.2, 0.25) is 0 Å². The van der Waals surface area contributed by atoms with Crippen molar-refractivity contribution in [2.24, 2.45) is 0 Å².